The van der Waals surface area contributed by atoms with E-state index in [1.165, 1.54) is 159 Å². The molecule has 2 aliphatic heterocycles. The molecule has 0 atom stereocenters. The SMILES string of the molecule is Cc1cc2c3c(c1)N(c1c4c(cc5c1CCCC5)CCCC4)c1ccc(C(C)(C)C)cc1B3c1cc(C(C)(C)C)ccc1N2c1c2c(cc3c1CCCC3)CCCC2. The average Bonchev–Trinajstić information content (AvgIpc) is 3.21. The first-order valence-corrected chi connectivity index (χ1v) is 23.3. The van der Waals surface area contributed by atoms with Crippen LogP contribution in [0.3, 0.4) is 0 Å². The molecule has 5 aromatic carbocycles. The predicted octanol–water partition coefficient (Wildman–Crippen LogP) is 12.2. The number of benzene rings is 5. The van der Waals surface area contributed by atoms with Crippen molar-refractivity contribution < 1.29 is 0 Å². The van der Waals surface area contributed by atoms with Crippen molar-refractivity contribution >= 4 is 57.2 Å². The molecule has 0 amide bonds. The molecular formula is C55H63BN2. The molecule has 0 aromatic heterocycles. The van der Waals surface area contributed by atoms with Crippen molar-refractivity contribution in [1.82, 2.24) is 0 Å². The van der Waals surface area contributed by atoms with E-state index in [1.54, 1.807) is 55.9 Å². The van der Waals surface area contributed by atoms with E-state index in [0.29, 0.717) is 0 Å². The number of hydrogen-bond donors (Lipinski definition) is 0. The molecule has 58 heavy (non-hydrogen) atoms. The van der Waals surface area contributed by atoms with Crippen LogP contribution in [0.25, 0.3) is 0 Å². The standard InChI is InChI=1S/C55H63BN2/c1-34-28-49-51-50(29-34)58(53-43-22-14-10-18-37(43)31-38-19-11-15-23-44(38)53)48-27-25-40(55(5,6)7)33-46(48)56(51)45-32-39(54(2,3)4)24-26-47(45)57(49)52-41-20-12-8-16-35(41)30-36-17-9-13-21-42(36)52/h24-33H,8-23H2,1-7H3. The maximum absolute atomic E-state index is 2.85. The molecule has 0 bridgehead atoms. The number of hydrogen-bond acceptors (Lipinski definition) is 2. The van der Waals surface area contributed by atoms with Gasteiger partial charge in [-0.15, -0.1) is 0 Å². The third kappa shape index (κ3) is 5.64. The Balaban J connectivity index is 1.28. The molecular weight excluding hydrogens is 699 g/mol. The summed E-state index contributed by atoms with van der Waals surface area (Å²) in [5.41, 5.74) is 30.7. The molecule has 0 saturated heterocycles. The van der Waals surface area contributed by atoms with E-state index in [1.807, 2.05) is 0 Å². The van der Waals surface area contributed by atoms with Gasteiger partial charge in [0.25, 0.3) is 6.71 Å². The minimum absolute atomic E-state index is 0.0419. The minimum atomic E-state index is 0.0419. The van der Waals surface area contributed by atoms with Crippen molar-refractivity contribution in [2.24, 2.45) is 0 Å². The third-order valence-electron chi connectivity index (χ3n) is 15.3. The first-order valence-electron chi connectivity index (χ1n) is 23.3. The van der Waals surface area contributed by atoms with Crippen LogP contribution in [0.15, 0.2) is 60.7 Å². The highest BCUT2D eigenvalue weighted by Crippen LogP contribution is 2.52. The van der Waals surface area contributed by atoms with Crippen LogP contribution >= 0.6 is 0 Å². The van der Waals surface area contributed by atoms with Gasteiger partial charge in [0, 0.05) is 22.7 Å². The van der Waals surface area contributed by atoms with Gasteiger partial charge in [-0.05, 0) is 222 Å². The highest BCUT2D eigenvalue weighted by atomic mass is 15.2. The average molecular weight is 763 g/mol. The van der Waals surface area contributed by atoms with Gasteiger partial charge < -0.3 is 9.80 Å². The third-order valence-corrected chi connectivity index (χ3v) is 15.3. The van der Waals surface area contributed by atoms with Crippen molar-refractivity contribution in [3.05, 3.63) is 122 Å². The van der Waals surface area contributed by atoms with Crippen LogP contribution in [0.1, 0.15) is 154 Å². The van der Waals surface area contributed by atoms with Crippen LogP contribution < -0.4 is 26.2 Å². The van der Waals surface area contributed by atoms with Gasteiger partial charge >= 0.3 is 0 Å². The summed E-state index contributed by atoms with van der Waals surface area (Å²) in [6.07, 6.45) is 20.0. The van der Waals surface area contributed by atoms with E-state index < -0.39 is 0 Å². The van der Waals surface area contributed by atoms with Crippen LogP contribution in [0.2, 0.25) is 0 Å². The number of nitrogens with zero attached hydrogens (tertiary/aromatic N) is 2. The van der Waals surface area contributed by atoms with E-state index in [2.05, 4.69) is 119 Å². The fourth-order valence-electron chi connectivity index (χ4n) is 12.3. The Kier molecular flexibility index (Phi) is 8.50. The fourth-order valence-corrected chi connectivity index (χ4v) is 12.3. The van der Waals surface area contributed by atoms with E-state index >= 15 is 0 Å². The zero-order valence-electron chi connectivity index (χ0n) is 36.6. The monoisotopic (exact) mass is 763 g/mol. The molecule has 11 rings (SSSR count). The summed E-state index contributed by atoms with van der Waals surface area (Å²) < 4.78 is 0. The van der Waals surface area contributed by atoms with Gasteiger partial charge in [0.05, 0.1) is 11.4 Å². The summed E-state index contributed by atoms with van der Waals surface area (Å²) in [5, 5.41) is 0. The minimum Gasteiger partial charge on any atom is -0.311 e. The van der Waals surface area contributed by atoms with Gasteiger partial charge in [-0.2, -0.15) is 0 Å². The second-order valence-electron chi connectivity index (χ2n) is 21.2. The summed E-state index contributed by atoms with van der Waals surface area (Å²) >= 11 is 0. The van der Waals surface area contributed by atoms with E-state index in [9.17, 15) is 0 Å². The summed E-state index contributed by atoms with van der Waals surface area (Å²) in [5.74, 6) is 0. The highest BCUT2D eigenvalue weighted by Gasteiger charge is 2.46. The summed E-state index contributed by atoms with van der Waals surface area (Å²) in [7, 11) is 0. The Morgan fingerprint density at radius 2 is 0.759 bits per heavy atom. The first kappa shape index (κ1) is 36.8. The predicted molar refractivity (Wildman–Crippen MR) is 249 cm³/mol. The smallest absolute Gasteiger partial charge is 0.252 e. The summed E-state index contributed by atoms with van der Waals surface area (Å²) in [4.78, 5) is 5.70. The van der Waals surface area contributed by atoms with E-state index in [4.69, 9.17) is 0 Å². The van der Waals surface area contributed by atoms with Crippen molar-refractivity contribution in [3.8, 4) is 0 Å². The Morgan fingerprint density at radius 1 is 0.414 bits per heavy atom. The second-order valence-corrected chi connectivity index (χ2v) is 21.2. The molecule has 2 heterocycles. The zero-order valence-corrected chi connectivity index (χ0v) is 36.6. The molecule has 3 heteroatoms. The van der Waals surface area contributed by atoms with Crippen molar-refractivity contribution in [1.29, 1.82) is 0 Å². The van der Waals surface area contributed by atoms with Crippen LogP contribution in [0, 0.1) is 6.92 Å². The summed E-state index contributed by atoms with van der Waals surface area (Å²) in [6.45, 7) is 16.9. The van der Waals surface area contributed by atoms with Crippen molar-refractivity contribution in [3.63, 3.8) is 0 Å². The van der Waals surface area contributed by atoms with E-state index in [-0.39, 0.29) is 17.5 Å². The summed E-state index contributed by atoms with van der Waals surface area (Å²) in [6, 6.07) is 25.8. The molecule has 6 aliphatic rings. The Morgan fingerprint density at radius 3 is 1.10 bits per heavy atom. The van der Waals surface area contributed by atoms with Gasteiger partial charge in [-0.25, -0.2) is 0 Å². The molecule has 0 N–H and O–H groups in total. The van der Waals surface area contributed by atoms with Crippen LogP contribution in [-0.2, 0) is 62.2 Å². The topological polar surface area (TPSA) is 6.48 Å². The Bertz CT molecular complexity index is 2290. The van der Waals surface area contributed by atoms with Gasteiger partial charge in [0.1, 0.15) is 0 Å². The van der Waals surface area contributed by atoms with Gasteiger partial charge in [0.15, 0.2) is 0 Å². The highest BCUT2D eigenvalue weighted by molar-refractivity contribution is 7.00. The number of anilines is 6. The second kappa shape index (κ2) is 13.4. The van der Waals surface area contributed by atoms with Crippen LogP contribution in [-0.4, -0.2) is 6.71 Å². The van der Waals surface area contributed by atoms with Gasteiger partial charge in [0.2, 0.25) is 0 Å². The lowest BCUT2D eigenvalue weighted by Crippen LogP contribution is -2.62. The van der Waals surface area contributed by atoms with Crippen LogP contribution in [0.4, 0.5) is 34.1 Å². The van der Waals surface area contributed by atoms with E-state index in [0.717, 1.165) is 0 Å². The Hall–Kier alpha value is -4.24. The lowest BCUT2D eigenvalue weighted by atomic mass is 9.33. The molecule has 2 nitrogen and oxygen atoms in total. The maximum atomic E-state index is 2.85. The number of rotatable bonds is 2. The molecule has 0 fully saturated rings. The van der Waals surface area contributed by atoms with Crippen molar-refractivity contribution in [2.45, 2.75) is 162 Å². The molecule has 296 valence electrons. The van der Waals surface area contributed by atoms with Crippen LogP contribution in [0.5, 0.6) is 0 Å². The normalized spacial score (nSPS) is 18.1. The fraction of sp³-hybridized carbons (Fsp3) is 0.455. The Labute approximate surface area is 349 Å². The lowest BCUT2D eigenvalue weighted by molar-refractivity contribution is 0.590. The quantitative estimate of drug-likeness (QED) is 0.162. The molecule has 0 saturated carbocycles. The van der Waals surface area contributed by atoms with Crippen molar-refractivity contribution in [2.75, 3.05) is 9.80 Å². The maximum Gasteiger partial charge on any atom is 0.252 e. The largest absolute Gasteiger partial charge is 0.311 e. The molecule has 0 spiro atoms. The molecule has 0 unspecified atom stereocenters. The number of fused-ring (bicyclic) bond motifs is 8. The first-order chi connectivity index (χ1) is 28.0. The molecule has 4 aliphatic carbocycles. The van der Waals surface area contributed by atoms with Gasteiger partial charge in [-0.3, -0.25) is 0 Å². The molecule has 0 radical (unpaired) electrons. The zero-order chi connectivity index (χ0) is 39.7. The van der Waals surface area contributed by atoms with Gasteiger partial charge in [-0.1, -0.05) is 77.9 Å². The molecule has 5 aromatic rings. The lowest BCUT2D eigenvalue weighted by Gasteiger charge is -2.47. The number of aryl methyl sites for hydroxylation is 5.